The number of hydrogen-bond donors (Lipinski definition) is 1. The van der Waals surface area contributed by atoms with Gasteiger partial charge >= 0.3 is 0 Å². The Balaban J connectivity index is 2.72. The summed E-state index contributed by atoms with van der Waals surface area (Å²) in [7, 11) is 1.46. The molecule has 1 atom stereocenters. The second kappa shape index (κ2) is 5.26. The van der Waals surface area contributed by atoms with Gasteiger partial charge in [-0.2, -0.15) is 0 Å². The van der Waals surface area contributed by atoms with Gasteiger partial charge in [0.25, 0.3) is 5.91 Å². The molecule has 4 nitrogen and oxygen atoms in total. The Morgan fingerprint density at radius 3 is 2.87 bits per heavy atom. The van der Waals surface area contributed by atoms with Gasteiger partial charge in [-0.15, -0.1) is 0 Å². The summed E-state index contributed by atoms with van der Waals surface area (Å²) in [6, 6.07) is 6.69. The first-order valence-corrected chi connectivity index (χ1v) is 4.56. The molecule has 4 heteroatoms. The summed E-state index contributed by atoms with van der Waals surface area (Å²) in [4.78, 5) is 21.9. The third-order valence-corrected chi connectivity index (χ3v) is 2.01. The maximum absolute atomic E-state index is 11.4. The first-order valence-electron chi connectivity index (χ1n) is 4.56. The van der Waals surface area contributed by atoms with Crippen molar-refractivity contribution in [3.05, 3.63) is 29.8 Å². The highest BCUT2D eigenvalue weighted by molar-refractivity contribution is 5.94. The third kappa shape index (κ3) is 3.18. The Morgan fingerprint density at radius 1 is 1.53 bits per heavy atom. The summed E-state index contributed by atoms with van der Waals surface area (Å²) >= 11 is 0. The van der Waals surface area contributed by atoms with Crippen LogP contribution in [0.2, 0.25) is 0 Å². The molecule has 1 aromatic carbocycles. The molecule has 0 aromatic heterocycles. The topological polar surface area (TPSA) is 55.4 Å². The van der Waals surface area contributed by atoms with Gasteiger partial charge in [-0.1, -0.05) is 12.1 Å². The third-order valence-electron chi connectivity index (χ3n) is 2.01. The fraction of sp³-hybridized carbons (Fsp3) is 0.273. The minimum Gasteiger partial charge on any atom is -0.372 e. The van der Waals surface area contributed by atoms with Gasteiger partial charge in [0, 0.05) is 18.4 Å². The zero-order valence-electron chi connectivity index (χ0n) is 8.69. The average molecular weight is 207 g/mol. The lowest BCUT2D eigenvalue weighted by molar-refractivity contribution is -0.124. The average Bonchev–Trinajstić information content (AvgIpc) is 2.28. The van der Waals surface area contributed by atoms with Crippen molar-refractivity contribution in [2.24, 2.45) is 0 Å². The Kier molecular flexibility index (Phi) is 4.00. The van der Waals surface area contributed by atoms with E-state index in [0.29, 0.717) is 11.3 Å². The van der Waals surface area contributed by atoms with Crippen LogP contribution in [0.15, 0.2) is 24.3 Å². The minimum absolute atomic E-state index is 0.236. The normalized spacial score (nSPS) is 11.9. The molecule has 1 N–H and O–H groups in total. The van der Waals surface area contributed by atoms with Crippen LogP contribution in [0.1, 0.15) is 17.3 Å². The monoisotopic (exact) mass is 207 g/mol. The van der Waals surface area contributed by atoms with Crippen molar-refractivity contribution in [3.63, 3.8) is 0 Å². The number of anilines is 1. The lowest BCUT2D eigenvalue weighted by Crippen LogP contribution is -2.26. The van der Waals surface area contributed by atoms with E-state index < -0.39 is 6.10 Å². The van der Waals surface area contributed by atoms with Gasteiger partial charge in [-0.3, -0.25) is 9.59 Å². The number of nitrogens with one attached hydrogen (secondary N) is 1. The fourth-order valence-corrected chi connectivity index (χ4v) is 1.04. The first kappa shape index (κ1) is 11.4. The van der Waals surface area contributed by atoms with Crippen LogP contribution in [-0.2, 0) is 9.53 Å². The molecule has 0 bridgehead atoms. The van der Waals surface area contributed by atoms with E-state index in [4.69, 9.17) is 4.74 Å². The maximum atomic E-state index is 11.4. The molecule has 0 aliphatic heterocycles. The molecule has 0 fully saturated rings. The van der Waals surface area contributed by atoms with Crippen LogP contribution < -0.4 is 5.32 Å². The number of amides is 1. The maximum Gasteiger partial charge on any atom is 0.253 e. The molecule has 1 aromatic rings. The molecule has 0 radical (unpaired) electrons. The quantitative estimate of drug-likeness (QED) is 0.761. The second-order valence-electron chi connectivity index (χ2n) is 3.11. The highest BCUT2D eigenvalue weighted by Gasteiger charge is 2.11. The Hall–Kier alpha value is -1.68. The molecule has 0 aliphatic rings. The van der Waals surface area contributed by atoms with E-state index in [1.54, 1.807) is 31.2 Å². The van der Waals surface area contributed by atoms with Crippen LogP contribution >= 0.6 is 0 Å². The SMILES string of the molecule is COC(C)C(=O)Nc1cccc(C=O)c1. The van der Waals surface area contributed by atoms with Crippen LogP contribution in [0.4, 0.5) is 5.69 Å². The van der Waals surface area contributed by atoms with Crippen LogP contribution in [0.5, 0.6) is 0 Å². The zero-order chi connectivity index (χ0) is 11.3. The summed E-state index contributed by atoms with van der Waals surface area (Å²) in [6.45, 7) is 1.65. The lowest BCUT2D eigenvalue weighted by Gasteiger charge is -2.10. The molecule has 0 saturated heterocycles. The molecular formula is C11H13NO3. The van der Waals surface area contributed by atoms with E-state index in [1.807, 2.05) is 0 Å². The standard InChI is InChI=1S/C11H13NO3/c1-8(15-2)11(14)12-10-5-3-4-9(6-10)7-13/h3-8H,1-2H3,(H,12,14). The fourth-order valence-electron chi connectivity index (χ4n) is 1.04. The number of rotatable bonds is 4. The Labute approximate surface area is 88.2 Å². The van der Waals surface area contributed by atoms with Crippen LogP contribution in [-0.4, -0.2) is 25.4 Å². The summed E-state index contributed by atoms with van der Waals surface area (Å²) < 4.78 is 4.86. The number of aldehydes is 1. The Bertz CT molecular complexity index is 363. The van der Waals surface area contributed by atoms with E-state index in [2.05, 4.69) is 5.32 Å². The van der Waals surface area contributed by atoms with E-state index in [1.165, 1.54) is 7.11 Å². The number of ether oxygens (including phenoxy) is 1. The van der Waals surface area contributed by atoms with E-state index >= 15 is 0 Å². The largest absolute Gasteiger partial charge is 0.372 e. The number of carbonyl (C=O) groups excluding carboxylic acids is 2. The van der Waals surface area contributed by atoms with Crippen molar-refractivity contribution >= 4 is 17.9 Å². The van der Waals surface area contributed by atoms with Crippen molar-refractivity contribution in [1.82, 2.24) is 0 Å². The number of carbonyl (C=O) groups is 2. The molecule has 1 rings (SSSR count). The molecule has 0 heterocycles. The van der Waals surface area contributed by atoms with Crippen LogP contribution in [0.3, 0.4) is 0 Å². The van der Waals surface area contributed by atoms with Gasteiger partial charge in [0.1, 0.15) is 12.4 Å². The summed E-state index contributed by atoms with van der Waals surface area (Å²) in [5.74, 6) is -0.236. The molecule has 15 heavy (non-hydrogen) atoms. The summed E-state index contributed by atoms with van der Waals surface area (Å²) in [5.41, 5.74) is 1.12. The van der Waals surface area contributed by atoms with Gasteiger partial charge in [0.15, 0.2) is 0 Å². The highest BCUT2D eigenvalue weighted by Crippen LogP contribution is 2.09. The Morgan fingerprint density at radius 2 is 2.27 bits per heavy atom. The van der Waals surface area contributed by atoms with Crippen LogP contribution in [0.25, 0.3) is 0 Å². The summed E-state index contributed by atoms with van der Waals surface area (Å²) in [5, 5.41) is 2.64. The van der Waals surface area contributed by atoms with Crippen molar-refractivity contribution in [3.8, 4) is 0 Å². The van der Waals surface area contributed by atoms with Crippen molar-refractivity contribution in [2.75, 3.05) is 12.4 Å². The smallest absolute Gasteiger partial charge is 0.253 e. The minimum atomic E-state index is -0.509. The predicted octanol–water partition coefficient (Wildman–Crippen LogP) is 1.47. The molecule has 0 saturated carbocycles. The number of hydrogen-bond acceptors (Lipinski definition) is 3. The molecule has 0 spiro atoms. The van der Waals surface area contributed by atoms with Gasteiger partial charge in [-0.05, 0) is 19.1 Å². The highest BCUT2D eigenvalue weighted by atomic mass is 16.5. The molecule has 80 valence electrons. The van der Waals surface area contributed by atoms with Crippen molar-refractivity contribution in [1.29, 1.82) is 0 Å². The van der Waals surface area contributed by atoms with Crippen LogP contribution in [0, 0.1) is 0 Å². The van der Waals surface area contributed by atoms with Gasteiger partial charge in [-0.25, -0.2) is 0 Å². The lowest BCUT2D eigenvalue weighted by atomic mass is 10.2. The molecule has 0 aliphatic carbocycles. The predicted molar refractivity (Wildman–Crippen MR) is 56.9 cm³/mol. The van der Waals surface area contributed by atoms with Crippen molar-refractivity contribution in [2.45, 2.75) is 13.0 Å². The van der Waals surface area contributed by atoms with Gasteiger partial charge in [0.05, 0.1) is 0 Å². The van der Waals surface area contributed by atoms with Gasteiger partial charge < -0.3 is 10.1 Å². The van der Waals surface area contributed by atoms with E-state index in [0.717, 1.165) is 6.29 Å². The van der Waals surface area contributed by atoms with E-state index in [9.17, 15) is 9.59 Å². The number of benzene rings is 1. The summed E-state index contributed by atoms with van der Waals surface area (Å²) in [6.07, 6.45) is 0.222. The van der Waals surface area contributed by atoms with Gasteiger partial charge in [0.2, 0.25) is 0 Å². The second-order valence-corrected chi connectivity index (χ2v) is 3.11. The van der Waals surface area contributed by atoms with Crippen molar-refractivity contribution < 1.29 is 14.3 Å². The molecule has 1 unspecified atom stereocenters. The molecule has 1 amide bonds. The first-order chi connectivity index (χ1) is 7.17. The number of methoxy groups -OCH3 is 1. The van der Waals surface area contributed by atoms with E-state index in [-0.39, 0.29) is 5.91 Å². The molecular weight excluding hydrogens is 194 g/mol. The zero-order valence-corrected chi connectivity index (χ0v) is 8.69.